The van der Waals surface area contributed by atoms with Gasteiger partial charge in [0.05, 0.1) is 17.4 Å². The summed E-state index contributed by atoms with van der Waals surface area (Å²) in [6, 6.07) is 2.31. The molecule has 0 aliphatic carbocycles. The first-order valence-electron chi connectivity index (χ1n) is 8.29. The number of piperidine rings is 1. The number of likely N-dealkylation sites (tertiary alicyclic amines) is 1. The van der Waals surface area contributed by atoms with Crippen molar-refractivity contribution in [2.45, 2.75) is 65.8 Å². The van der Waals surface area contributed by atoms with Crippen molar-refractivity contribution in [3.8, 4) is 6.07 Å². The highest BCUT2D eigenvalue weighted by Crippen LogP contribution is 2.26. The van der Waals surface area contributed by atoms with Gasteiger partial charge < -0.3 is 10.2 Å². The van der Waals surface area contributed by atoms with E-state index in [1.165, 1.54) is 0 Å². The SMILES string of the molecule is CCCCNC(=O)C1CCC(C)N(C(=O)CC(C)(C)C#N)C1. The van der Waals surface area contributed by atoms with Crippen LogP contribution in [0.5, 0.6) is 0 Å². The topological polar surface area (TPSA) is 73.2 Å². The molecule has 0 saturated carbocycles. The fourth-order valence-electron chi connectivity index (χ4n) is 2.72. The van der Waals surface area contributed by atoms with Crippen molar-refractivity contribution in [2.75, 3.05) is 13.1 Å². The van der Waals surface area contributed by atoms with E-state index in [4.69, 9.17) is 5.26 Å². The number of unbranched alkanes of at least 4 members (excludes halogenated alkanes) is 1. The third-order valence-electron chi connectivity index (χ3n) is 4.30. The van der Waals surface area contributed by atoms with Gasteiger partial charge in [-0.2, -0.15) is 5.26 Å². The molecule has 1 aliphatic rings. The van der Waals surface area contributed by atoms with Crippen molar-refractivity contribution >= 4 is 11.8 Å². The minimum atomic E-state index is -0.660. The van der Waals surface area contributed by atoms with E-state index in [9.17, 15) is 9.59 Å². The quantitative estimate of drug-likeness (QED) is 0.766. The normalized spacial score (nSPS) is 22.0. The summed E-state index contributed by atoms with van der Waals surface area (Å²) in [4.78, 5) is 26.4. The van der Waals surface area contributed by atoms with Crippen LogP contribution in [-0.2, 0) is 9.59 Å². The molecule has 5 nitrogen and oxygen atoms in total. The van der Waals surface area contributed by atoms with Crippen LogP contribution in [0.3, 0.4) is 0 Å². The Kier molecular flexibility index (Phi) is 6.86. The number of nitriles is 1. The molecule has 1 aliphatic heterocycles. The molecule has 0 radical (unpaired) electrons. The molecule has 1 N–H and O–H groups in total. The van der Waals surface area contributed by atoms with Crippen LogP contribution in [0.25, 0.3) is 0 Å². The molecule has 0 aromatic heterocycles. The maximum Gasteiger partial charge on any atom is 0.224 e. The Morgan fingerprint density at radius 1 is 1.36 bits per heavy atom. The number of nitrogens with zero attached hydrogens (tertiary/aromatic N) is 2. The van der Waals surface area contributed by atoms with Crippen LogP contribution >= 0.6 is 0 Å². The van der Waals surface area contributed by atoms with E-state index in [0.29, 0.717) is 13.1 Å². The van der Waals surface area contributed by atoms with Crippen LogP contribution in [0.15, 0.2) is 0 Å². The van der Waals surface area contributed by atoms with Crippen LogP contribution in [0.4, 0.5) is 0 Å². The summed E-state index contributed by atoms with van der Waals surface area (Å²) >= 11 is 0. The molecular weight excluding hydrogens is 278 g/mol. The van der Waals surface area contributed by atoms with E-state index in [1.807, 2.05) is 6.92 Å². The highest BCUT2D eigenvalue weighted by molar-refractivity contribution is 5.82. The minimum Gasteiger partial charge on any atom is -0.356 e. The molecule has 22 heavy (non-hydrogen) atoms. The van der Waals surface area contributed by atoms with E-state index >= 15 is 0 Å². The van der Waals surface area contributed by atoms with Crippen LogP contribution in [0, 0.1) is 22.7 Å². The molecule has 1 rings (SSSR count). The molecule has 124 valence electrons. The molecule has 1 heterocycles. The standard InChI is InChI=1S/C17H29N3O2/c1-5-6-9-19-16(22)14-8-7-13(2)20(11-14)15(21)10-17(3,4)12-18/h13-14H,5-11H2,1-4H3,(H,19,22). The van der Waals surface area contributed by atoms with Crippen molar-refractivity contribution in [3.05, 3.63) is 0 Å². The van der Waals surface area contributed by atoms with E-state index in [1.54, 1.807) is 18.7 Å². The van der Waals surface area contributed by atoms with Crippen molar-refractivity contribution in [1.29, 1.82) is 5.26 Å². The zero-order valence-electron chi connectivity index (χ0n) is 14.3. The Hall–Kier alpha value is -1.57. The van der Waals surface area contributed by atoms with E-state index in [0.717, 1.165) is 25.7 Å². The van der Waals surface area contributed by atoms with Gasteiger partial charge in [-0.25, -0.2) is 0 Å². The Morgan fingerprint density at radius 3 is 2.64 bits per heavy atom. The average molecular weight is 307 g/mol. The van der Waals surface area contributed by atoms with E-state index in [2.05, 4.69) is 18.3 Å². The predicted octanol–water partition coefficient (Wildman–Crippen LogP) is 2.47. The molecule has 5 heteroatoms. The zero-order valence-corrected chi connectivity index (χ0v) is 14.3. The third-order valence-corrected chi connectivity index (χ3v) is 4.30. The Bertz CT molecular complexity index is 440. The molecule has 0 aromatic carbocycles. The zero-order chi connectivity index (χ0) is 16.8. The lowest BCUT2D eigenvalue weighted by molar-refractivity contribution is -0.139. The lowest BCUT2D eigenvalue weighted by atomic mass is 9.88. The van der Waals surface area contributed by atoms with Crippen molar-refractivity contribution in [3.63, 3.8) is 0 Å². The second-order valence-electron chi connectivity index (χ2n) is 6.99. The number of rotatable bonds is 6. The van der Waals surface area contributed by atoms with Crippen LogP contribution in [-0.4, -0.2) is 35.8 Å². The van der Waals surface area contributed by atoms with Gasteiger partial charge >= 0.3 is 0 Å². The predicted molar refractivity (Wildman–Crippen MR) is 85.8 cm³/mol. The summed E-state index contributed by atoms with van der Waals surface area (Å²) in [6.45, 7) is 8.83. The van der Waals surface area contributed by atoms with Gasteiger partial charge in [-0.3, -0.25) is 9.59 Å². The van der Waals surface area contributed by atoms with Gasteiger partial charge in [0.15, 0.2) is 0 Å². The molecule has 1 saturated heterocycles. The fourth-order valence-corrected chi connectivity index (χ4v) is 2.72. The molecule has 2 unspecified atom stereocenters. The number of carbonyl (C=O) groups excluding carboxylic acids is 2. The number of carbonyl (C=O) groups is 2. The molecule has 2 atom stereocenters. The number of nitrogens with one attached hydrogen (secondary N) is 1. The first-order valence-corrected chi connectivity index (χ1v) is 8.29. The van der Waals surface area contributed by atoms with Crippen LogP contribution < -0.4 is 5.32 Å². The fraction of sp³-hybridized carbons (Fsp3) is 0.824. The average Bonchev–Trinajstić information content (AvgIpc) is 2.47. The summed E-state index contributed by atoms with van der Waals surface area (Å²) in [5, 5.41) is 12.0. The van der Waals surface area contributed by atoms with Crippen LogP contribution in [0.2, 0.25) is 0 Å². The smallest absolute Gasteiger partial charge is 0.224 e. The molecule has 0 bridgehead atoms. The molecule has 1 fully saturated rings. The van der Waals surface area contributed by atoms with Gasteiger partial charge in [-0.15, -0.1) is 0 Å². The molecule has 0 spiro atoms. The highest BCUT2D eigenvalue weighted by Gasteiger charge is 2.34. The van der Waals surface area contributed by atoms with Gasteiger partial charge in [-0.1, -0.05) is 13.3 Å². The number of hydrogen-bond acceptors (Lipinski definition) is 3. The van der Waals surface area contributed by atoms with Gasteiger partial charge in [0.2, 0.25) is 11.8 Å². The van der Waals surface area contributed by atoms with Crippen molar-refractivity contribution in [2.24, 2.45) is 11.3 Å². The summed E-state index contributed by atoms with van der Waals surface area (Å²) in [7, 11) is 0. The van der Waals surface area contributed by atoms with Gasteiger partial charge in [-0.05, 0) is 40.0 Å². The van der Waals surface area contributed by atoms with Crippen molar-refractivity contribution < 1.29 is 9.59 Å². The van der Waals surface area contributed by atoms with Gasteiger partial charge in [0.25, 0.3) is 0 Å². The van der Waals surface area contributed by atoms with Crippen molar-refractivity contribution in [1.82, 2.24) is 10.2 Å². The summed E-state index contributed by atoms with van der Waals surface area (Å²) in [6.07, 6.45) is 3.90. The van der Waals surface area contributed by atoms with Gasteiger partial charge in [0, 0.05) is 25.6 Å². The maximum absolute atomic E-state index is 12.5. The lowest BCUT2D eigenvalue weighted by Gasteiger charge is -2.38. The summed E-state index contributed by atoms with van der Waals surface area (Å²) in [5.74, 6) is -0.0926. The number of amides is 2. The Labute approximate surface area is 134 Å². The molecule has 2 amide bonds. The Balaban J connectivity index is 2.61. The highest BCUT2D eigenvalue weighted by atomic mass is 16.2. The number of hydrogen-bond donors (Lipinski definition) is 1. The van der Waals surface area contributed by atoms with E-state index < -0.39 is 5.41 Å². The summed E-state index contributed by atoms with van der Waals surface area (Å²) in [5.41, 5.74) is -0.660. The first kappa shape index (κ1) is 18.5. The molecule has 0 aromatic rings. The largest absolute Gasteiger partial charge is 0.356 e. The second-order valence-corrected chi connectivity index (χ2v) is 6.99. The van der Waals surface area contributed by atoms with Crippen LogP contribution in [0.1, 0.15) is 59.8 Å². The van der Waals surface area contributed by atoms with Gasteiger partial charge in [0.1, 0.15) is 0 Å². The minimum absolute atomic E-state index is 0.0230. The first-order chi connectivity index (χ1) is 10.3. The second kappa shape index (κ2) is 8.17. The monoisotopic (exact) mass is 307 g/mol. The Morgan fingerprint density at radius 2 is 2.05 bits per heavy atom. The summed E-state index contributed by atoms with van der Waals surface area (Å²) < 4.78 is 0. The maximum atomic E-state index is 12.5. The van der Waals surface area contributed by atoms with E-state index in [-0.39, 0.29) is 30.2 Å². The molecular formula is C17H29N3O2. The third kappa shape index (κ3) is 5.32. The lowest BCUT2D eigenvalue weighted by Crippen LogP contribution is -2.50.